The standard InChI is InChI=1S/C26H38N6O2S/c1-21-7-6-8-24(19-21)35(33,34)32-17-11-23(12-18-32)31-16-10-22(20-31)28-26-27-13-9-25(29-26)30-14-4-2-3-5-15-30/h6-9,13,19,22-23H,2-5,10-12,14-18,20H2,1H3,(H,27,28,29). The summed E-state index contributed by atoms with van der Waals surface area (Å²) in [5.41, 5.74) is 0.970. The van der Waals surface area contributed by atoms with Gasteiger partial charge < -0.3 is 10.2 Å². The first kappa shape index (κ1) is 24.5. The number of benzene rings is 1. The smallest absolute Gasteiger partial charge is 0.243 e. The van der Waals surface area contributed by atoms with Gasteiger partial charge in [0.1, 0.15) is 5.82 Å². The lowest BCUT2D eigenvalue weighted by Crippen LogP contribution is -2.46. The van der Waals surface area contributed by atoms with Crippen LogP contribution in [-0.2, 0) is 10.0 Å². The Balaban J connectivity index is 1.14. The van der Waals surface area contributed by atoms with E-state index in [-0.39, 0.29) is 0 Å². The Labute approximate surface area is 209 Å². The Kier molecular flexibility index (Phi) is 7.55. The Morgan fingerprint density at radius 2 is 1.71 bits per heavy atom. The molecule has 3 fully saturated rings. The molecule has 0 bridgehead atoms. The van der Waals surface area contributed by atoms with E-state index in [1.807, 2.05) is 31.3 Å². The highest BCUT2D eigenvalue weighted by Gasteiger charge is 2.34. The van der Waals surface area contributed by atoms with Crippen molar-refractivity contribution in [3.8, 4) is 0 Å². The van der Waals surface area contributed by atoms with Gasteiger partial charge in [0, 0.05) is 57.5 Å². The molecule has 3 aliphatic rings. The molecule has 1 aromatic heterocycles. The van der Waals surface area contributed by atoms with E-state index in [0.29, 0.717) is 30.1 Å². The fraction of sp³-hybridized carbons (Fsp3) is 0.615. The average molecular weight is 499 g/mol. The second kappa shape index (κ2) is 10.8. The van der Waals surface area contributed by atoms with Crippen molar-refractivity contribution < 1.29 is 8.42 Å². The van der Waals surface area contributed by atoms with Gasteiger partial charge >= 0.3 is 0 Å². The first-order valence-corrected chi connectivity index (χ1v) is 14.6. The fourth-order valence-corrected chi connectivity index (χ4v) is 7.26. The number of likely N-dealkylation sites (tertiary alicyclic amines) is 1. The number of rotatable bonds is 6. The van der Waals surface area contributed by atoms with Crippen molar-refractivity contribution in [1.29, 1.82) is 0 Å². The number of sulfonamides is 1. The van der Waals surface area contributed by atoms with Crippen molar-refractivity contribution in [1.82, 2.24) is 19.2 Å². The Bertz CT molecular complexity index is 1090. The quantitative estimate of drug-likeness (QED) is 0.653. The van der Waals surface area contributed by atoms with E-state index in [2.05, 4.69) is 20.1 Å². The molecule has 1 aromatic carbocycles. The number of hydrogen-bond donors (Lipinski definition) is 1. The summed E-state index contributed by atoms with van der Waals surface area (Å²) in [6, 6.07) is 9.99. The molecule has 9 heteroatoms. The molecule has 190 valence electrons. The van der Waals surface area contributed by atoms with E-state index >= 15 is 0 Å². The molecule has 1 unspecified atom stereocenters. The number of anilines is 2. The number of nitrogens with zero attached hydrogens (tertiary/aromatic N) is 5. The maximum atomic E-state index is 13.1. The van der Waals surface area contributed by atoms with Gasteiger partial charge in [0.15, 0.2) is 0 Å². The van der Waals surface area contributed by atoms with Crippen LogP contribution in [0, 0.1) is 6.92 Å². The maximum absolute atomic E-state index is 13.1. The van der Waals surface area contributed by atoms with Gasteiger partial charge in [0.25, 0.3) is 0 Å². The van der Waals surface area contributed by atoms with Crippen molar-refractivity contribution in [2.45, 2.75) is 68.8 Å². The molecule has 4 heterocycles. The summed E-state index contributed by atoms with van der Waals surface area (Å²) in [5, 5.41) is 3.57. The van der Waals surface area contributed by atoms with Gasteiger partial charge in [-0.1, -0.05) is 25.0 Å². The third-order valence-electron chi connectivity index (χ3n) is 7.69. The van der Waals surface area contributed by atoms with Gasteiger partial charge in [-0.3, -0.25) is 4.90 Å². The average Bonchev–Trinajstić information content (AvgIpc) is 3.16. The van der Waals surface area contributed by atoms with Gasteiger partial charge in [0.05, 0.1) is 4.90 Å². The highest BCUT2D eigenvalue weighted by atomic mass is 32.2. The van der Waals surface area contributed by atoms with Crippen LogP contribution < -0.4 is 10.2 Å². The van der Waals surface area contributed by atoms with Crippen molar-refractivity contribution in [3.63, 3.8) is 0 Å². The lowest BCUT2D eigenvalue weighted by Gasteiger charge is -2.36. The predicted octanol–water partition coefficient (Wildman–Crippen LogP) is 3.50. The number of aryl methyl sites for hydroxylation is 1. The van der Waals surface area contributed by atoms with Crippen LogP contribution in [0.5, 0.6) is 0 Å². The Morgan fingerprint density at radius 3 is 2.46 bits per heavy atom. The molecule has 3 saturated heterocycles. The number of aromatic nitrogens is 2. The van der Waals surface area contributed by atoms with Gasteiger partial charge in [-0.25, -0.2) is 13.4 Å². The van der Waals surface area contributed by atoms with E-state index in [1.165, 1.54) is 25.7 Å². The largest absolute Gasteiger partial charge is 0.356 e. The molecule has 1 N–H and O–H groups in total. The van der Waals surface area contributed by atoms with Gasteiger partial charge in [-0.15, -0.1) is 0 Å². The molecule has 3 aliphatic heterocycles. The van der Waals surface area contributed by atoms with Crippen molar-refractivity contribution >= 4 is 21.8 Å². The van der Waals surface area contributed by atoms with Gasteiger partial charge in [0.2, 0.25) is 16.0 Å². The normalized spacial score (nSPS) is 23.3. The summed E-state index contributed by atoms with van der Waals surface area (Å²) >= 11 is 0. The molecule has 35 heavy (non-hydrogen) atoms. The lowest BCUT2D eigenvalue weighted by molar-refractivity contribution is 0.167. The van der Waals surface area contributed by atoms with Crippen molar-refractivity contribution in [2.75, 3.05) is 49.5 Å². The number of hydrogen-bond acceptors (Lipinski definition) is 7. The predicted molar refractivity (Wildman–Crippen MR) is 139 cm³/mol. The van der Waals surface area contributed by atoms with Crippen LogP contribution in [0.25, 0.3) is 0 Å². The minimum atomic E-state index is -3.42. The molecular weight excluding hydrogens is 460 g/mol. The highest BCUT2D eigenvalue weighted by molar-refractivity contribution is 7.89. The molecule has 8 nitrogen and oxygen atoms in total. The van der Waals surface area contributed by atoms with Crippen molar-refractivity contribution in [3.05, 3.63) is 42.1 Å². The molecular formula is C26H38N6O2S. The minimum Gasteiger partial charge on any atom is -0.356 e. The zero-order valence-electron chi connectivity index (χ0n) is 20.8. The van der Waals surface area contributed by atoms with Crippen LogP contribution in [0.3, 0.4) is 0 Å². The van der Waals surface area contributed by atoms with Gasteiger partial charge in [-0.05, 0) is 62.8 Å². The topological polar surface area (TPSA) is 81.7 Å². The third-order valence-corrected chi connectivity index (χ3v) is 9.59. The van der Waals surface area contributed by atoms with Crippen LogP contribution in [0.1, 0.15) is 50.5 Å². The zero-order valence-corrected chi connectivity index (χ0v) is 21.6. The second-order valence-electron chi connectivity index (χ2n) is 10.2. The minimum absolute atomic E-state index is 0.323. The number of piperidine rings is 1. The monoisotopic (exact) mass is 498 g/mol. The molecule has 2 aromatic rings. The molecule has 1 atom stereocenters. The first-order chi connectivity index (χ1) is 17.0. The van der Waals surface area contributed by atoms with Crippen molar-refractivity contribution in [2.24, 2.45) is 0 Å². The SMILES string of the molecule is Cc1cccc(S(=O)(=O)N2CCC(N3CCC(Nc4nccc(N5CCCCCC5)n4)C3)CC2)c1. The molecule has 0 amide bonds. The van der Waals surface area contributed by atoms with E-state index in [1.54, 1.807) is 16.4 Å². The second-order valence-corrected chi connectivity index (χ2v) is 12.2. The van der Waals surface area contributed by atoms with E-state index in [0.717, 1.165) is 62.8 Å². The summed E-state index contributed by atoms with van der Waals surface area (Å²) in [5.74, 6) is 1.75. The van der Waals surface area contributed by atoms with Crippen LogP contribution >= 0.6 is 0 Å². The number of nitrogens with one attached hydrogen (secondary N) is 1. The summed E-state index contributed by atoms with van der Waals surface area (Å²) in [4.78, 5) is 14.6. The molecule has 0 aliphatic carbocycles. The highest BCUT2D eigenvalue weighted by Crippen LogP contribution is 2.27. The molecule has 0 spiro atoms. The van der Waals surface area contributed by atoms with E-state index in [4.69, 9.17) is 4.98 Å². The summed E-state index contributed by atoms with van der Waals surface area (Å²) < 4.78 is 27.8. The van der Waals surface area contributed by atoms with Gasteiger partial charge in [-0.2, -0.15) is 9.29 Å². The lowest BCUT2D eigenvalue weighted by atomic mass is 10.1. The van der Waals surface area contributed by atoms with E-state index in [9.17, 15) is 8.42 Å². The summed E-state index contributed by atoms with van der Waals surface area (Å²) in [7, 11) is -3.42. The fourth-order valence-electron chi connectivity index (χ4n) is 5.69. The van der Waals surface area contributed by atoms with Crippen LogP contribution in [0.4, 0.5) is 11.8 Å². The van der Waals surface area contributed by atoms with Crippen LogP contribution in [0.2, 0.25) is 0 Å². The summed E-state index contributed by atoms with van der Waals surface area (Å²) in [6.45, 7) is 7.22. The molecule has 0 radical (unpaired) electrons. The van der Waals surface area contributed by atoms with Crippen LogP contribution in [-0.4, -0.2) is 78.9 Å². The molecule has 5 rings (SSSR count). The first-order valence-electron chi connectivity index (χ1n) is 13.1. The summed E-state index contributed by atoms with van der Waals surface area (Å²) in [6.07, 6.45) is 9.75. The Hall–Kier alpha value is -2.23. The van der Waals surface area contributed by atoms with E-state index < -0.39 is 10.0 Å². The third kappa shape index (κ3) is 5.78. The Morgan fingerprint density at radius 1 is 0.943 bits per heavy atom. The maximum Gasteiger partial charge on any atom is 0.243 e. The zero-order chi connectivity index (χ0) is 24.3. The molecule has 0 saturated carbocycles. The van der Waals surface area contributed by atoms with Crippen LogP contribution in [0.15, 0.2) is 41.4 Å².